The van der Waals surface area contributed by atoms with Gasteiger partial charge in [-0.15, -0.1) is 0 Å². The van der Waals surface area contributed by atoms with E-state index in [-0.39, 0.29) is 0 Å². The largest absolute Gasteiger partial charge is 0.480 e. The molecule has 0 aliphatic rings. The summed E-state index contributed by atoms with van der Waals surface area (Å²) in [7, 11) is 1.64. The molecule has 2 aromatic heterocycles. The van der Waals surface area contributed by atoms with E-state index in [1.807, 2.05) is 12.1 Å². The van der Waals surface area contributed by atoms with E-state index in [0.717, 1.165) is 17.2 Å². The molecule has 0 atom stereocenters. The van der Waals surface area contributed by atoms with Gasteiger partial charge in [0.1, 0.15) is 5.69 Å². The van der Waals surface area contributed by atoms with Gasteiger partial charge in [0, 0.05) is 12.1 Å². The Bertz CT molecular complexity index is 448. The van der Waals surface area contributed by atoms with Crippen molar-refractivity contribution in [3.05, 3.63) is 24.0 Å². The summed E-state index contributed by atoms with van der Waals surface area (Å²) >= 11 is 0. The van der Waals surface area contributed by atoms with Gasteiger partial charge < -0.3 is 4.74 Å². The second kappa shape index (κ2) is 3.29. The van der Waals surface area contributed by atoms with Crippen molar-refractivity contribution in [2.45, 2.75) is 19.8 Å². The molecule has 0 N–H and O–H groups in total. The maximum atomic E-state index is 5.30. The highest BCUT2D eigenvalue weighted by Crippen LogP contribution is 2.25. The number of methoxy groups -OCH3 is 1. The normalized spacial score (nSPS) is 11.1. The van der Waals surface area contributed by atoms with Crippen LogP contribution in [0.2, 0.25) is 0 Å². The third-order valence-electron chi connectivity index (χ3n) is 2.12. The van der Waals surface area contributed by atoms with E-state index in [1.54, 1.807) is 17.8 Å². The zero-order valence-electron chi connectivity index (χ0n) is 8.56. The van der Waals surface area contributed by atoms with Crippen LogP contribution in [0.1, 0.15) is 25.5 Å². The highest BCUT2D eigenvalue weighted by atomic mass is 16.5. The Hall–Kier alpha value is -1.58. The molecule has 0 bridgehead atoms. The molecular formula is C10H13N3O. The molecule has 4 nitrogen and oxygen atoms in total. The number of aromatic nitrogens is 3. The summed E-state index contributed by atoms with van der Waals surface area (Å²) in [4.78, 5) is 4.46. The third kappa shape index (κ3) is 1.23. The third-order valence-corrected chi connectivity index (χ3v) is 2.12. The zero-order valence-corrected chi connectivity index (χ0v) is 8.56. The van der Waals surface area contributed by atoms with Crippen LogP contribution in [-0.2, 0) is 0 Å². The second-order valence-electron chi connectivity index (χ2n) is 3.45. The summed E-state index contributed by atoms with van der Waals surface area (Å²) in [5, 5.41) is 4.18. The van der Waals surface area contributed by atoms with Crippen LogP contribution in [0.4, 0.5) is 0 Å². The molecule has 0 aliphatic carbocycles. The summed E-state index contributed by atoms with van der Waals surface area (Å²) in [6.07, 6.45) is 1.72. The second-order valence-corrected chi connectivity index (χ2v) is 3.45. The molecule has 0 aromatic carbocycles. The molecule has 0 amide bonds. The lowest BCUT2D eigenvalue weighted by Gasteiger charge is -2.03. The van der Waals surface area contributed by atoms with E-state index in [4.69, 9.17) is 4.74 Å². The maximum absolute atomic E-state index is 5.30. The van der Waals surface area contributed by atoms with Crippen molar-refractivity contribution in [3.8, 4) is 5.88 Å². The minimum absolute atomic E-state index is 0.339. The zero-order chi connectivity index (χ0) is 10.1. The quantitative estimate of drug-likeness (QED) is 0.727. The molecule has 0 radical (unpaired) electrons. The standard InChI is InChI=1S/C10H13N3O/c1-7(2)9-10(14-3)13-8(12-9)5-4-6-11-13/h4-7H,1-3H3. The minimum Gasteiger partial charge on any atom is -0.480 e. The Balaban J connectivity index is 2.72. The number of hydrogen-bond acceptors (Lipinski definition) is 3. The Morgan fingerprint density at radius 3 is 2.86 bits per heavy atom. The van der Waals surface area contributed by atoms with Crippen molar-refractivity contribution in [3.63, 3.8) is 0 Å². The van der Waals surface area contributed by atoms with E-state index in [1.165, 1.54) is 0 Å². The van der Waals surface area contributed by atoms with Crippen LogP contribution in [0.15, 0.2) is 18.3 Å². The van der Waals surface area contributed by atoms with E-state index in [2.05, 4.69) is 23.9 Å². The lowest BCUT2D eigenvalue weighted by atomic mass is 10.1. The molecule has 0 saturated heterocycles. The fourth-order valence-corrected chi connectivity index (χ4v) is 1.45. The van der Waals surface area contributed by atoms with Gasteiger partial charge in [0.05, 0.1) is 7.11 Å². The molecule has 74 valence electrons. The first-order valence-corrected chi connectivity index (χ1v) is 4.61. The number of fused-ring (bicyclic) bond motifs is 1. The smallest absolute Gasteiger partial charge is 0.238 e. The molecule has 2 heterocycles. The summed E-state index contributed by atoms with van der Waals surface area (Å²) in [5.41, 5.74) is 1.78. The fourth-order valence-electron chi connectivity index (χ4n) is 1.45. The summed E-state index contributed by atoms with van der Waals surface area (Å²) in [6, 6.07) is 3.78. The number of rotatable bonds is 2. The first-order valence-electron chi connectivity index (χ1n) is 4.61. The van der Waals surface area contributed by atoms with Gasteiger partial charge in [-0.05, 0) is 12.1 Å². The predicted molar refractivity (Wildman–Crippen MR) is 53.6 cm³/mol. The van der Waals surface area contributed by atoms with Gasteiger partial charge >= 0.3 is 0 Å². The number of nitrogens with zero attached hydrogens (tertiary/aromatic N) is 3. The van der Waals surface area contributed by atoms with Gasteiger partial charge in [-0.1, -0.05) is 13.8 Å². The molecule has 14 heavy (non-hydrogen) atoms. The minimum atomic E-state index is 0.339. The van der Waals surface area contributed by atoms with Gasteiger partial charge in [-0.2, -0.15) is 9.61 Å². The van der Waals surface area contributed by atoms with Crippen LogP contribution in [-0.4, -0.2) is 21.7 Å². The number of imidazole rings is 1. The van der Waals surface area contributed by atoms with Crippen LogP contribution in [0.5, 0.6) is 5.88 Å². The maximum Gasteiger partial charge on any atom is 0.238 e. The predicted octanol–water partition coefficient (Wildman–Crippen LogP) is 1.86. The molecule has 0 fully saturated rings. The van der Waals surface area contributed by atoms with Gasteiger partial charge in [-0.25, -0.2) is 4.98 Å². The average Bonchev–Trinajstić information content (AvgIpc) is 2.56. The molecular weight excluding hydrogens is 178 g/mol. The molecule has 0 saturated carbocycles. The Morgan fingerprint density at radius 1 is 1.43 bits per heavy atom. The van der Waals surface area contributed by atoms with Gasteiger partial charge in [0.2, 0.25) is 5.88 Å². The molecule has 2 aromatic rings. The van der Waals surface area contributed by atoms with E-state index >= 15 is 0 Å². The Kier molecular flexibility index (Phi) is 2.11. The van der Waals surface area contributed by atoms with Crippen molar-refractivity contribution in [2.75, 3.05) is 7.11 Å². The van der Waals surface area contributed by atoms with Gasteiger partial charge in [0.25, 0.3) is 0 Å². The SMILES string of the molecule is COc1c(C(C)C)nc2cccnn12. The number of ether oxygens (including phenoxy) is 1. The van der Waals surface area contributed by atoms with Crippen LogP contribution < -0.4 is 4.74 Å². The lowest BCUT2D eigenvalue weighted by Crippen LogP contribution is -1.97. The van der Waals surface area contributed by atoms with Crippen LogP contribution in [0, 0.1) is 0 Å². The van der Waals surface area contributed by atoms with Crippen LogP contribution in [0.3, 0.4) is 0 Å². The van der Waals surface area contributed by atoms with Crippen molar-refractivity contribution >= 4 is 5.65 Å². The van der Waals surface area contributed by atoms with Crippen molar-refractivity contribution < 1.29 is 4.74 Å². The van der Waals surface area contributed by atoms with Crippen molar-refractivity contribution in [1.29, 1.82) is 0 Å². The highest BCUT2D eigenvalue weighted by molar-refractivity contribution is 5.44. The first kappa shape index (κ1) is 8.99. The fraction of sp³-hybridized carbons (Fsp3) is 0.400. The summed E-state index contributed by atoms with van der Waals surface area (Å²) < 4.78 is 7.02. The molecule has 0 unspecified atom stereocenters. The summed E-state index contributed by atoms with van der Waals surface area (Å²) in [5.74, 6) is 1.07. The summed E-state index contributed by atoms with van der Waals surface area (Å²) in [6.45, 7) is 4.18. The first-order chi connectivity index (χ1) is 6.74. The Labute approximate surface area is 82.5 Å². The van der Waals surface area contributed by atoms with Gasteiger partial charge in [0.15, 0.2) is 5.65 Å². The van der Waals surface area contributed by atoms with E-state index in [0.29, 0.717) is 5.92 Å². The number of hydrogen-bond donors (Lipinski definition) is 0. The van der Waals surface area contributed by atoms with Crippen molar-refractivity contribution in [1.82, 2.24) is 14.6 Å². The van der Waals surface area contributed by atoms with Crippen LogP contribution in [0.25, 0.3) is 5.65 Å². The topological polar surface area (TPSA) is 39.4 Å². The van der Waals surface area contributed by atoms with Crippen molar-refractivity contribution in [2.24, 2.45) is 0 Å². The molecule has 0 aliphatic heterocycles. The highest BCUT2D eigenvalue weighted by Gasteiger charge is 2.15. The van der Waals surface area contributed by atoms with E-state index < -0.39 is 0 Å². The average molecular weight is 191 g/mol. The molecule has 2 rings (SSSR count). The molecule has 4 heteroatoms. The molecule has 0 spiro atoms. The van der Waals surface area contributed by atoms with Crippen LogP contribution >= 0.6 is 0 Å². The van der Waals surface area contributed by atoms with E-state index in [9.17, 15) is 0 Å². The monoisotopic (exact) mass is 191 g/mol. The Morgan fingerprint density at radius 2 is 2.21 bits per heavy atom. The lowest BCUT2D eigenvalue weighted by molar-refractivity contribution is 0.380. The van der Waals surface area contributed by atoms with Gasteiger partial charge in [-0.3, -0.25) is 0 Å².